The van der Waals surface area contributed by atoms with Gasteiger partial charge in [0.25, 0.3) is 5.91 Å². The first-order chi connectivity index (χ1) is 18.2. The lowest BCUT2D eigenvalue weighted by molar-refractivity contribution is -0.275. The number of rotatable bonds is 7. The number of halogens is 5. The van der Waals surface area contributed by atoms with Crippen molar-refractivity contribution in [2.45, 2.75) is 44.1 Å². The van der Waals surface area contributed by atoms with Gasteiger partial charge in [0.15, 0.2) is 22.9 Å². The zero-order chi connectivity index (χ0) is 28.9. The minimum absolute atomic E-state index is 0.0703. The molecule has 0 saturated carbocycles. The highest BCUT2D eigenvalue weighted by Gasteiger charge is 2.65. The topological polar surface area (TPSA) is 152 Å². The molecule has 15 heteroatoms. The Labute approximate surface area is 217 Å². The number of amides is 2. The van der Waals surface area contributed by atoms with E-state index >= 15 is 0 Å². The van der Waals surface area contributed by atoms with Crippen LogP contribution in [0, 0.1) is 17.6 Å². The van der Waals surface area contributed by atoms with E-state index in [1.54, 1.807) is 0 Å². The molecule has 2 amide bonds. The second-order valence-electron chi connectivity index (χ2n) is 9.20. The molecule has 0 bridgehead atoms. The zero-order valence-electron chi connectivity index (χ0n) is 20.8. The zero-order valence-corrected chi connectivity index (χ0v) is 20.8. The lowest BCUT2D eigenvalue weighted by atomic mass is 9.77. The van der Waals surface area contributed by atoms with Crippen LogP contribution in [0.3, 0.4) is 0 Å². The number of alkyl halides is 3. The molecule has 2 aromatic heterocycles. The molecule has 210 valence electrons. The summed E-state index contributed by atoms with van der Waals surface area (Å²) in [5, 5.41) is 11.3. The van der Waals surface area contributed by atoms with Gasteiger partial charge in [0, 0.05) is 23.5 Å². The summed E-state index contributed by atoms with van der Waals surface area (Å²) in [5.74, 6) is -7.82. The van der Waals surface area contributed by atoms with E-state index in [1.165, 1.54) is 13.0 Å². The van der Waals surface area contributed by atoms with Crippen molar-refractivity contribution in [2.75, 3.05) is 19.0 Å². The van der Waals surface area contributed by atoms with E-state index in [0.29, 0.717) is 0 Å². The third-order valence-electron chi connectivity index (χ3n) is 6.91. The second-order valence-corrected chi connectivity index (χ2v) is 9.20. The maximum Gasteiger partial charge on any atom is 0.417 e. The molecule has 10 nitrogen and oxygen atoms in total. The van der Waals surface area contributed by atoms with E-state index in [2.05, 4.69) is 20.3 Å². The number of primary amides is 1. The molecule has 0 spiro atoms. The Bertz CT molecular complexity index is 1440. The number of hydrogen-bond donors (Lipinski definition) is 4. The maximum absolute atomic E-state index is 14.6. The number of nitrogens with zero attached hydrogens (tertiary/aromatic N) is 2. The first-order valence-corrected chi connectivity index (χ1v) is 11.6. The van der Waals surface area contributed by atoms with Gasteiger partial charge in [-0.2, -0.15) is 17.6 Å². The Balaban J connectivity index is 1.90. The van der Waals surface area contributed by atoms with Crippen molar-refractivity contribution in [3.05, 3.63) is 46.9 Å². The fourth-order valence-electron chi connectivity index (χ4n) is 4.76. The number of fused-ring (bicyclic) bond motifs is 1. The standard InChI is InChI=1S/C24H24F5N5O5/c1-9-15(10-4-5-11(25)16(26)19(10)38-3)20(39-23(9,2)24(27,28)29)22-31-12-8-13(32-14(36)6-7-35)33-18(21(30)37)17(12)34-22/h4-5,8-9,15,20,35H,6-7H2,1-3H3,(H2,30,37)(H,31,34)(H,32,33,36)/t9-,15-,20+,23+/m0/s1. The summed E-state index contributed by atoms with van der Waals surface area (Å²) in [6, 6.07) is 3.15. The van der Waals surface area contributed by atoms with Crippen molar-refractivity contribution in [3.8, 4) is 5.75 Å². The molecule has 5 N–H and O–H groups in total. The fourth-order valence-corrected chi connectivity index (χ4v) is 4.76. The van der Waals surface area contributed by atoms with Crippen molar-refractivity contribution in [3.63, 3.8) is 0 Å². The molecule has 0 unspecified atom stereocenters. The molecule has 3 heterocycles. The summed E-state index contributed by atoms with van der Waals surface area (Å²) in [7, 11) is 1.05. The van der Waals surface area contributed by atoms with Gasteiger partial charge in [-0.3, -0.25) is 9.59 Å². The monoisotopic (exact) mass is 557 g/mol. The summed E-state index contributed by atoms with van der Waals surface area (Å²) in [6.45, 7) is 1.65. The van der Waals surface area contributed by atoms with Crippen molar-refractivity contribution in [1.82, 2.24) is 15.0 Å². The minimum atomic E-state index is -4.87. The third-order valence-corrected chi connectivity index (χ3v) is 6.91. The summed E-state index contributed by atoms with van der Waals surface area (Å²) in [5.41, 5.74) is 2.14. The number of aliphatic hydroxyl groups is 1. The average molecular weight is 557 g/mol. The van der Waals surface area contributed by atoms with Gasteiger partial charge in [0.05, 0.1) is 25.7 Å². The number of nitrogens with two attached hydrogens (primary N) is 1. The summed E-state index contributed by atoms with van der Waals surface area (Å²) < 4.78 is 82.0. The molecule has 1 saturated heterocycles. The average Bonchev–Trinajstić information content (AvgIpc) is 3.39. The number of hydrogen-bond acceptors (Lipinski definition) is 7. The number of aromatic amines is 1. The first-order valence-electron chi connectivity index (χ1n) is 11.6. The minimum Gasteiger partial charge on any atom is -0.493 e. The van der Waals surface area contributed by atoms with Gasteiger partial charge < -0.3 is 30.6 Å². The van der Waals surface area contributed by atoms with Gasteiger partial charge in [0.2, 0.25) is 11.7 Å². The molecule has 1 aromatic carbocycles. The van der Waals surface area contributed by atoms with E-state index in [4.69, 9.17) is 20.3 Å². The molecule has 0 radical (unpaired) electrons. The predicted molar refractivity (Wildman–Crippen MR) is 126 cm³/mol. The smallest absolute Gasteiger partial charge is 0.417 e. The highest BCUT2D eigenvalue weighted by atomic mass is 19.4. The van der Waals surface area contributed by atoms with Crippen LogP contribution in [0.2, 0.25) is 0 Å². The number of methoxy groups -OCH3 is 1. The van der Waals surface area contributed by atoms with Gasteiger partial charge in [-0.1, -0.05) is 13.0 Å². The van der Waals surface area contributed by atoms with Crippen LogP contribution in [0.4, 0.5) is 27.8 Å². The molecule has 1 aliphatic heterocycles. The number of carbonyl (C=O) groups is 2. The molecule has 4 rings (SSSR count). The Morgan fingerprint density at radius 2 is 1.97 bits per heavy atom. The Hall–Kier alpha value is -3.85. The van der Waals surface area contributed by atoms with E-state index in [9.17, 15) is 31.5 Å². The summed E-state index contributed by atoms with van der Waals surface area (Å²) >= 11 is 0. The first kappa shape index (κ1) is 28.2. The lowest BCUT2D eigenvalue weighted by Crippen LogP contribution is -2.46. The molecule has 4 atom stereocenters. The van der Waals surface area contributed by atoms with Crippen molar-refractivity contribution >= 4 is 28.7 Å². The fraction of sp³-hybridized carbons (Fsp3) is 0.417. The number of imidazole rings is 1. The molecule has 3 aromatic rings. The van der Waals surface area contributed by atoms with E-state index in [1.807, 2.05) is 0 Å². The van der Waals surface area contributed by atoms with Crippen LogP contribution in [0.25, 0.3) is 11.0 Å². The molecule has 1 aliphatic rings. The van der Waals surface area contributed by atoms with Crippen LogP contribution in [0.5, 0.6) is 5.75 Å². The van der Waals surface area contributed by atoms with Gasteiger partial charge >= 0.3 is 6.18 Å². The normalized spacial score (nSPS) is 23.3. The Morgan fingerprint density at radius 1 is 1.28 bits per heavy atom. The van der Waals surface area contributed by atoms with Crippen LogP contribution in [0.1, 0.15) is 54.2 Å². The van der Waals surface area contributed by atoms with E-state index < -0.39 is 71.2 Å². The largest absolute Gasteiger partial charge is 0.493 e. The van der Waals surface area contributed by atoms with Gasteiger partial charge in [-0.25, -0.2) is 14.4 Å². The second kappa shape index (κ2) is 10.0. The van der Waals surface area contributed by atoms with Gasteiger partial charge in [0.1, 0.15) is 23.3 Å². The quantitative estimate of drug-likeness (QED) is 0.325. The third kappa shape index (κ3) is 4.76. The van der Waals surface area contributed by atoms with Crippen molar-refractivity contribution in [2.24, 2.45) is 11.7 Å². The predicted octanol–water partition coefficient (Wildman–Crippen LogP) is 3.48. The molecule has 0 aliphatic carbocycles. The molecular formula is C24H24F5N5O5. The molecule has 39 heavy (non-hydrogen) atoms. The van der Waals surface area contributed by atoms with Crippen molar-refractivity contribution in [1.29, 1.82) is 0 Å². The maximum atomic E-state index is 14.6. The van der Waals surface area contributed by atoms with Crippen LogP contribution in [-0.2, 0) is 9.53 Å². The molecule has 1 fully saturated rings. The summed E-state index contributed by atoms with van der Waals surface area (Å²) in [4.78, 5) is 35.0. The van der Waals surface area contributed by atoms with Crippen LogP contribution < -0.4 is 15.8 Å². The number of pyridine rings is 1. The number of aromatic nitrogens is 3. The van der Waals surface area contributed by atoms with Gasteiger partial charge in [-0.05, 0) is 13.0 Å². The van der Waals surface area contributed by atoms with Crippen LogP contribution in [-0.4, -0.2) is 57.4 Å². The Morgan fingerprint density at radius 3 is 2.56 bits per heavy atom. The highest BCUT2D eigenvalue weighted by molar-refractivity contribution is 6.04. The SMILES string of the molecule is COc1c([C@H]2[C@H](c3nc4c(C(N)=O)nc(NC(=O)CCO)cc4[nH]3)O[C@@](C)(C(F)(F)F)[C@H]2C)ccc(F)c1F. The number of carbonyl (C=O) groups excluding carboxylic acids is 2. The summed E-state index contributed by atoms with van der Waals surface area (Å²) in [6.07, 6.45) is -6.64. The van der Waals surface area contributed by atoms with Crippen molar-refractivity contribution < 1.29 is 46.1 Å². The van der Waals surface area contributed by atoms with E-state index in [-0.39, 0.29) is 34.7 Å². The van der Waals surface area contributed by atoms with Crippen LogP contribution >= 0.6 is 0 Å². The number of nitrogens with one attached hydrogen (secondary N) is 2. The highest BCUT2D eigenvalue weighted by Crippen LogP contribution is 2.59. The lowest BCUT2D eigenvalue weighted by Gasteiger charge is -2.32. The number of benzene rings is 1. The van der Waals surface area contributed by atoms with Gasteiger partial charge in [-0.15, -0.1) is 0 Å². The van der Waals surface area contributed by atoms with E-state index in [0.717, 1.165) is 26.2 Å². The number of aliphatic hydroxyl groups excluding tert-OH is 1. The molecular weight excluding hydrogens is 533 g/mol. The number of ether oxygens (including phenoxy) is 2. The number of anilines is 1. The Kier molecular flexibility index (Phi) is 7.25. The number of H-pyrrole nitrogens is 1. The van der Waals surface area contributed by atoms with Crippen LogP contribution in [0.15, 0.2) is 18.2 Å².